The predicted octanol–water partition coefficient (Wildman–Crippen LogP) is 3.71. The Bertz CT molecular complexity index is 862. The van der Waals surface area contributed by atoms with Gasteiger partial charge in [-0.05, 0) is 37.3 Å². The van der Waals surface area contributed by atoms with Crippen molar-refractivity contribution in [2.75, 3.05) is 13.1 Å². The summed E-state index contributed by atoms with van der Waals surface area (Å²) >= 11 is 0. The molecule has 0 bridgehead atoms. The highest BCUT2D eigenvalue weighted by molar-refractivity contribution is 5.89. The van der Waals surface area contributed by atoms with Crippen LogP contribution in [-0.2, 0) is 0 Å². The minimum absolute atomic E-state index is 0.0452. The molecule has 1 fully saturated rings. The molecule has 1 aromatic carbocycles. The molecule has 0 saturated carbocycles. The van der Waals surface area contributed by atoms with Crippen molar-refractivity contribution < 1.29 is 23.5 Å². The van der Waals surface area contributed by atoms with E-state index in [9.17, 15) is 23.5 Å². The third-order valence-corrected chi connectivity index (χ3v) is 5.08. The number of nitrogens with one attached hydrogen (secondary N) is 1. The van der Waals surface area contributed by atoms with Crippen molar-refractivity contribution >= 4 is 12.0 Å². The van der Waals surface area contributed by atoms with Gasteiger partial charge in [-0.1, -0.05) is 18.2 Å². The van der Waals surface area contributed by atoms with E-state index in [1.807, 2.05) is 0 Å². The summed E-state index contributed by atoms with van der Waals surface area (Å²) in [6.07, 6.45) is 3.05. The molecular weight excluding hydrogens is 368 g/mol. The summed E-state index contributed by atoms with van der Waals surface area (Å²) in [6, 6.07) is 5.63. The highest BCUT2D eigenvalue weighted by Gasteiger charge is 2.28. The Morgan fingerprint density at radius 2 is 1.79 bits per heavy atom. The van der Waals surface area contributed by atoms with Gasteiger partial charge in [-0.3, -0.25) is 4.98 Å². The van der Waals surface area contributed by atoms with Crippen molar-refractivity contribution in [3.8, 4) is 0 Å². The number of carboxylic acid groups (broad SMARTS) is 1. The third kappa shape index (κ3) is 4.11. The number of carbonyl (C=O) groups is 2. The van der Waals surface area contributed by atoms with Crippen LogP contribution in [-0.4, -0.2) is 40.1 Å². The number of hydrogen-bond acceptors (Lipinski definition) is 3. The van der Waals surface area contributed by atoms with Gasteiger partial charge in [0, 0.05) is 18.7 Å². The van der Waals surface area contributed by atoms with E-state index in [0.29, 0.717) is 25.9 Å². The SMILES string of the molecule is CC(NC(=O)N1CCC(c2ccccc2C(=O)O)CC1)c1c(F)cncc1F. The molecule has 1 unspecified atom stereocenters. The van der Waals surface area contributed by atoms with Crippen molar-refractivity contribution in [1.29, 1.82) is 0 Å². The van der Waals surface area contributed by atoms with Gasteiger partial charge in [0.2, 0.25) is 0 Å². The molecule has 6 nitrogen and oxygen atoms in total. The lowest BCUT2D eigenvalue weighted by Gasteiger charge is -2.33. The first-order chi connectivity index (χ1) is 13.4. The maximum Gasteiger partial charge on any atom is 0.335 e. The highest BCUT2D eigenvalue weighted by atomic mass is 19.1. The van der Waals surface area contributed by atoms with E-state index in [1.54, 1.807) is 29.2 Å². The maximum atomic E-state index is 13.8. The Labute approximate surface area is 161 Å². The van der Waals surface area contributed by atoms with Crippen LogP contribution in [0.15, 0.2) is 36.7 Å². The average molecular weight is 389 g/mol. The third-order valence-electron chi connectivity index (χ3n) is 5.08. The van der Waals surface area contributed by atoms with Crippen molar-refractivity contribution in [3.05, 3.63) is 65.0 Å². The van der Waals surface area contributed by atoms with E-state index in [2.05, 4.69) is 10.3 Å². The molecule has 2 aromatic rings. The van der Waals surface area contributed by atoms with Crippen LogP contribution in [0.4, 0.5) is 13.6 Å². The predicted molar refractivity (Wildman–Crippen MR) is 98.0 cm³/mol. The van der Waals surface area contributed by atoms with E-state index in [0.717, 1.165) is 18.0 Å². The Balaban J connectivity index is 1.62. The fraction of sp³-hybridized carbons (Fsp3) is 0.350. The van der Waals surface area contributed by atoms with E-state index >= 15 is 0 Å². The number of aromatic nitrogens is 1. The van der Waals surface area contributed by atoms with Crippen LogP contribution in [0.5, 0.6) is 0 Å². The van der Waals surface area contributed by atoms with Crippen LogP contribution < -0.4 is 5.32 Å². The Kier molecular flexibility index (Phi) is 5.87. The molecule has 0 spiro atoms. The molecule has 1 saturated heterocycles. The number of nitrogens with zero attached hydrogens (tertiary/aromatic N) is 2. The minimum Gasteiger partial charge on any atom is -0.478 e. The van der Waals surface area contributed by atoms with Gasteiger partial charge in [0.15, 0.2) is 0 Å². The first-order valence-electron chi connectivity index (χ1n) is 9.05. The average Bonchev–Trinajstić information content (AvgIpc) is 2.68. The van der Waals surface area contributed by atoms with E-state index < -0.39 is 29.7 Å². The van der Waals surface area contributed by atoms with Crippen LogP contribution in [0.25, 0.3) is 0 Å². The molecule has 148 valence electrons. The second kappa shape index (κ2) is 8.33. The lowest BCUT2D eigenvalue weighted by molar-refractivity contribution is 0.0694. The molecule has 2 heterocycles. The van der Waals surface area contributed by atoms with Gasteiger partial charge in [-0.15, -0.1) is 0 Å². The topological polar surface area (TPSA) is 82.5 Å². The van der Waals surface area contributed by atoms with Crippen LogP contribution in [0, 0.1) is 11.6 Å². The molecule has 1 aromatic heterocycles. The fourth-order valence-corrected chi connectivity index (χ4v) is 3.62. The van der Waals surface area contributed by atoms with Gasteiger partial charge in [0.05, 0.1) is 24.0 Å². The summed E-state index contributed by atoms with van der Waals surface area (Å²) < 4.78 is 27.6. The van der Waals surface area contributed by atoms with Gasteiger partial charge in [0.25, 0.3) is 0 Å². The summed E-state index contributed by atoms with van der Waals surface area (Å²) in [5.74, 6) is -2.54. The Hall–Kier alpha value is -3.03. The molecule has 0 radical (unpaired) electrons. The highest BCUT2D eigenvalue weighted by Crippen LogP contribution is 2.30. The van der Waals surface area contributed by atoms with Crippen LogP contribution in [0.3, 0.4) is 0 Å². The largest absolute Gasteiger partial charge is 0.478 e. The molecule has 1 aliphatic rings. The number of urea groups is 1. The zero-order chi connectivity index (χ0) is 20.3. The zero-order valence-corrected chi connectivity index (χ0v) is 15.4. The number of piperidine rings is 1. The number of amides is 2. The van der Waals surface area contributed by atoms with Gasteiger partial charge < -0.3 is 15.3 Å². The lowest BCUT2D eigenvalue weighted by atomic mass is 9.86. The first kappa shape index (κ1) is 19.7. The summed E-state index contributed by atoms with van der Waals surface area (Å²) in [4.78, 5) is 28.9. The second-order valence-corrected chi connectivity index (χ2v) is 6.84. The molecule has 0 aliphatic carbocycles. The second-order valence-electron chi connectivity index (χ2n) is 6.84. The fourth-order valence-electron chi connectivity index (χ4n) is 3.62. The number of benzene rings is 1. The van der Waals surface area contributed by atoms with Crippen LogP contribution in [0.2, 0.25) is 0 Å². The molecule has 2 N–H and O–H groups in total. The zero-order valence-electron chi connectivity index (χ0n) is 15.4. The van der Waals surface area contributed by atoms with Crippen molar-refractivity contribution in [2.24, 2.45) is 0 Å². The van der Waals surface area contributed by atoms with E-state index in [1.165, 1.54) is 6.92 Å². The smallest absolute Gasteiger partial charge is 0.335 e. The molecule has 3 rings (SSSR count). The van der Waals surface area contributed by atoms with Crippen LogP contribution in [0.1, 0.15) is 53.2 Å². The quantitative estimate of drug-likeness (QED) is 0.835. The Morgan fingerprint density at radius 3 is 2.39 bits per heavy atom. The van der Waals surface area contributed by atoms with E-state index in [-0.39, 0.29) is 17.0 Å². The molecule has 1 atom stereocenters. The summed E-state index contributed by atoms with van der Waals surface area (Å²) in [7, 11) is 0. The van der Waals surface area contributed by atoms with Crippen molar-refractivity contribution in [3.63, 3.8) is 0 Å². The number of carbonyl (C=O) groups excluding carboxylic acids is 1. The summed E-state index contributed by atoms with van der Waals surface area (Å²) in [5.41, 5.74) is 0.820. The number of carboxylic acids is 1. The van der Waals surface area contributed by atoms with Crippen molar-refractivity contribution in [2.45, 2.75) is 31.7 Å². The number of halogens is 2. The van der Waals surface area contributed by atoms with Gasteiger partial charge in [-0.2, -0.15) is 0 Å². The number of aromatic carboxylic acids is 1. The maximum absolute atomic E-state index is 13.8. The van der Waals surface area contributed by atoms with E-state index in [4.69, 9.17) is 0 Å². The first-order valence-corrected chi connectivity index (χ1v) is 9.05. The summed E-state index contributed by atoms with van der Waals surface area (Å²) in [6.45, 7) is 2.37. The molecule has 28 heavy (non-hydrogen) atoms. The molecule has 8 heteroatoms. The molecular formula is C20H21F2N3O3. The van der Waals surface area contributed by atoms with Crippen molar-refractivity contribution in [1.82, 2.24) is 15.2 Å². The van der Waals surface area contributed by atoms with Gasteiger partial charge in [-0.25, -0.2) is 18.4 Å². The molecule has 2 amide bonds. The number of likely N-dealkylation sites (tertiary alicyclic amines) is 1. The van der Waals surface area contributed by atoms with Crippen LogP contribution >= 0.6 is 0 Å². The minimum atomic E-state index is -0.967. The standard InChI is InChI=1S/C20H21F2N3O3/c1-12(18-16(21)10-23-11-17(18)22)24-20(28)25-8-6-13(7-9-25)14-4-2-3-5-15(14)19(26)27/h2-5,10-13H,6-9H2,1H3,(H,24,28)(H,26,27). The number of hydrogen-bond donors (Lipinski definition) is 2. The van der Waals surface area contributed by atoms with Gasteiger partial charge >= 0.3 is 12.0 Å². The number of rotatable bonds is 4. The number of pyridine rings is 1. The Morgan fingerprint density at radius 1 is 1.18 bits per heavy atom. The lowest BCUT2D eigenvalue weighted by Crippen LogP contribution is -2.45. The van der Waals surface area contributed by atoms with Gasteiger partial charge in [0.1, 0.15) is 11.6 Å². The molecule has 1 aliphatic heterocycles. The monoisotopic (exact) mass is 389 g/mol. The summed E-state index contributed by atoms with van der Waals surface area (Å²) in [5, 5.41) is 12.0. The normalized spacial score (nSPS) is 15.9.